The average Bonchev–Trinajstić information content (AvgIpc) is 2.98. The fraction of sp³-hybridized carbons (Fsp3) is 0.316. The van der Waals surface area contributed by atoms with Gasteiger partial charge in [0.25, 0.3) is 16.6 Å². The van der Waals surface area contributed by atoms with Crippen LogP contribution in [-0.4, -0.2) is 29.8 Å². The summed E-state index contributed by atoms with van der Waals surface area (Å²) in [5.74, 6) is 3.00. The molecule has 4 heteroatoms. The minimum absolute atomic E-state index is 0.0540. The van der Waals surface area contributed by atoms with E-state index in [1.54, 1.807) is 0 Å². The maximum atomic E-state index is 7.32. The quantitative estimate of drug-likeness (QED) is 0.142. The summed E-state index contributed by atoms with van der Waals surface area (Å²) in [6.07, 6.45) is 6.58. The van der Waals surface area contributed by atoms with E-state index >= 15 is 0 Å². The summed E-state index contributed by atoms with van der Waals surface area (Å²) >= 11 is 0. The van der Waals surface area contributed by atoms with Crippen LogP contribution in [0.4, 0.5) is 0 Å². The molecule has 0 radical (unpaired) electrons. The molecule has 4 aromatic carbocycles. The molecular formula is C38H46O2Si2. The van der Waals surface area contributed by atoms with Gasteiger partial charge in [-0.3, -0.25) is 0 Å². The highest BCUT2D eigenvalue weighted by atomic mass is 28.4. The second kappa shape index (κ2) is 13.4. The maximum Gasteiger partial charge on any atom is 0.261 e. The number of benzene rings is 4. The first kappa shape index (κ1) is 31.7. The Balaban J connectivity index is 1.73. The van der Waals surface area contributed by atoms with Crippen molar-refractivity contribution >= 4 is 37.4 Å². The summed E-state index contributed by atoms with van der Waals surface area (Å²) in [5, 5.41) is 4.89. The third kappa shape index (κ3) is 6.40. The van der Waals surface area contributed by atoms with E-state index < -0.39 is 16.6 Å². The standard InChI is InChI=1S/C38H46O2Si2/c1-8-21-32(30-39-41(37(2,3)4,33-22-13-9-14-23-33)34-24-15-10-16-25-34)31-40-42(38(5,6)7,35-26-17-11-18-27-35)36-28-19-12-20-29-36/h1,9-20,22-29,32H,21,30-31H2,2-7H3. The molecule has 0 aliphatic carbocycles. The first-order chi connectivity index (χ1) is 20.1. The molecule has 2 nitrogen and oxygen atoms in total. The SMILES string of the molecule is C#CCC(CO[Si](c1ccccc1)(c1ccccc1)C(C)(C)C)CO[Si](c1ccccc1)(c1ccccc1)C(C)(C)C. The lowest BCUT2D eigenvalue weighted by molar-refractivity contribution is 0.166. The van der Waals surface area contributed by atoms with Crippen molar-refractivity contribution in [2.45, 2.75) is 58.0 Å². The van der Waals surface area contributed by atoms with E-state index in [0.717, 1.165) is 0 Å². The first-order valence-corrected chi connectivity index (χ1v) is 18.8. The van der Waals surface area contributed by atoms with E-state index in [1.165, 1.54) is 20.7 Å². The Bertz CT molecular complexity index is 1230. The minimum Gasteiger partial charge on any atom is -0.407 e. The predicted octanol–water partition coefficient (Wildman–Crippen LogP) is 6.78. The second-order valence-electron chi connectivity index (χ2n) is 13.2. The number of rotatable bonds is 11. The second-order valence-corrected chi connectivity index (χ2v) is 21.8. The fourth-order valence-corrected chi connectivity index (χ4v) is 15.6. The van der Waals surface area contributed by atoms with Crippen LogP contribution in [0.3, 0.4) is 0 Å². The molecular weight excluding hydrogens is 545 g/mol. The monoisotopic (exact) mass is 590 g/mol. The van der Waals surface area contributed by atoms with Crippen LogP contribution in [0.25, 0.3) is 0 Å². The summed E-state index contributed by atoms with van der Waals surface area (Å²) in [6.45, 7) is 15.0. The van der Waals surface area contributed by atoms with Crippen LogP contribution in [-0.2, 0) is 8.85 Å². The van der Waals surface area contributed by atoms with Gasteiger partial charge in [0.15, 0.2) is 0 Å². The molecule has 0 fully saturated rings. The van der Waals surface area contributed by atoms with Gasteiger partial charge in [-0.2, -0.15) is 0 Å². The Morgan fingerprint density at radius 3 is 1.00 bits per heavy atom. The third-order valence-electron chi connectivity index (χ3n) is 8.31. The van der Waals surface area contributed by atoms with Crippen molar-refractivity contribution in [2.75, 3.05) is 13.2 Å². The van der Waals surface area contributed by atoms with Gasteiger partial charge in [0, 0.05) is 25.6 Å². The maximum absolute atomic E-state index is 7.32. The fourth-order valence-electron chi connectivity index (χ4n) is 6.34. The highest BCUT2D eigenvalue weighted by molar-refractivity contribution is 7.00. The molecule has 0 N–H and O–H groups in total. The van der Waals surface area contributed by atoms with Gasteiger partial charge in [-0.05, 0) is 30.8 Å². The van der Waals surface area contributed by atoms with Crippen LogP contribution >= 0.6 is 0 Å². The lowest BCUT2D eigenvalue weighted by atomic mass is 10.1. The first-order valence-electron chi connectivity index (χ1n) is 15.0. The van der Waals surface area contributed by atoms with E-state index in [0.29, 0.717) is 19.6 Å². The van der Waals surface area contributed by atoms with Crippen molar-refractivity contribution in [2.24, 2.45) is 5.92 Å². The van der Waals surface area contributed by atoms with Crippen LogP contribution in [0.15, 0.2) is 121 Å². The van der Waals surface area contributed by atoms with Crippen LogP contribution < -0.4 is 20.7 Å². The third-order valence-corrected chi connectivity index (χ3v) is 18.3. The molecule has 0 bridgehead atoms. The zero-order valence-corrected chi connectivity index (χ0v) is 28.1. The molecule has 0 aliphatic rings. The van der Waals surface area contributed by atoms with Crippen molar-refractivity contribution in [3.63, 3.8) is 0 Å². The highest BCUT2D eigenvalue weighted by Crippen LogP contribution is 2.39. The topological polar surface area (TPSA) is 18.5 Å². The molecule has 0 saturated carbocycles. The Kier molecular flexibility index (Phi) is 10.1. The molecule has 4 aromatic rings. The molecule has 0 unspecified atom stereocenters. The molecule has 0 heterocycles. The Hall–Kier alpha value is -3.21. The molecule has 0 atom stereocenters. The number of hydrogen-bond donors (Lipinski definition) is 0. The molecule has 0 aromatic heterocycles. The van der Waals surface area contributed by atoms with Crippen LogP contribution in [0.1, 0.15) is 48.0 Å². The molecule has 218 valence electrons. The number of terminal acetylenes is 1. The van der Waals surface area contributed by atoms with E-state index in [9.17, 15) is 0 Å². The average molecular weight is 591 g/mol. The van der Waals surface area contributed by atoms with E-state index in [1.807, 2.05) is 0 Å². The van der Waals surface area contributed by atoms with Gasteiger partial charge in [0.05, 0.1) is 0 Å². The van der Waals surface area contributed by atoms with Crippen molar-refractivity contribution in [3.05, 3.63) is 121 Å². The summed E-state index contributed by atoms with van der Waals surface area (Å²) in [4.78, 5) is 0. The predicted molar refractivity (Wildman–Crippen MR) is 184 cm³/mol. The Morgan fingerprint density at radius 2 is 0.786 bits per heavy atom. The Labute approximate surface area is 256 Å². The highest BCUT2D eigenvalue weighted by Gasteiger charge is 2.52. The van der Waals surface area contributed by atoms with Gasteiger partial charge >= 0.3 is 0 Å². The number of hydrogen-bond acceptors (Lipinski definition) is 2. The van der Waals surface area contributed by atoms with E-state index in [2.05, 4.69) is 169 Å². The van der Waals surface area contributed by atoms with Gasteiger partial charge in [-0.1, -0.05) is 163 Å². The molecule has 42 heavy (non-hydrogen) atoms. The van der Waals surface area contributed by atoms with Gasteiger partial charge in [-0.15, -0.1) is 12.3 Å². The van der Waals surface area contributed by atoms with E-state index in [4.69, 9.17) is 15.3 Å². The van der Waals surface area contributed by atoms with Crippen molar-refractivity contribution in [1.29, 1.82) is 0 Å². The van der Waals surface area contributed by atoms with Gasteiger partial charge in [-0.25, -0.2) is 0 Å². The van der Waals surface area contributed by atoms with Gasteiger partial charge in [0.1, 0.15) is 0 Å². The van der Waals surface area contributed by atoms with Gasteiger partial charge < -0.3 is 8.85 Å². The molecule has 0 aliphatic heterocycles. The van der Waals surface area contributed by atoms with Crippen molar-refractivity contribution < 1.29 is 8.85 Å². The zero-order valence-electron chi connectivity index (χ0n) is 26.1. The summed E-state index contributed by atoms with van der Waals surface area (Å²) in [5.41, 5.74) is 0. The van der Waals surface area contributed by atoms with Crippen molar-refractivity contribution in [1.82, 2.24) is 0 Å². The lowest BCUT2D eigenvalue weighted by Gasteiger charge is -2.45. The van der Waals surface area contributed by atoms with Crippen LogP contribution in [0.5, 0.6) is 0 Å². The molecule has 0 saturated heterocycles. The van der Waals surface area contributed by atoms with Crippen LogP contribution in [0, 0.1) is 18.3 Å². The molecule has 4 rings (SSSR count). The zero-order chi connectivity index (χ0) is 30.3. The Morgan fingerprint density at radius 1 is 0.524 bits per heavy atom. The van der Waals surface area contributed by atoms with E-state index in [-0.39, 0.29) is 16.0 Å². The lowest BCUT2D eigenvalue weighted by Crippen LogP contribution is -2.67. The minimum atomic E-state index is -2.69. The summed E-state index contributed by atoms with van der Waals surface area (Å²) in [6, 6.07) is 43.2. The normalized spacial score (nSPS) is 12.7. The molecule has 0 amide bonds. The largest absolute Gasteiger partial charge is 0.407 e. The van der Waals surface area contributed by atoms with Gasteiger partial charge in [0.2, 0.25) is 0 Å². The summed E-state index contributed by atoms with van der Waals surface area (Å²) < 4.78 is 14.6. The van der Waals surface area contributed by atoms with Crippen LogP contribution in [0.2, 0.25) is 10.1 Å². The molecule has 0 spiro atoms. The smallest absolute Gasteiger partial charge is 0.261 e. The van der Waals surface area contributed by atoms with Crippen molar-refractivity contribution in [3.8, 4) is 12.3 Å². The summed E-state index contributed by atoms with van der Waals surface area (Å²) in [7, 11) is -5.39.